The number of nitrogens with zero attached hydrogens (tertiary/aromatic N) is 3. The Morgan fingerprint density at radius 2 is 1.96 bits per heavy atom. The van der Waals surface area contributed by atoms with Gasteiger partial charge in [0.25, 0.3) is 0 Å². The van der Waals surface area contributed by atoms with Crippen molar-refractivity contribution in [3.8, 4) is 11.4 Å². The summed E-state index contributed by atoms with van der Waals surface area (Å²) >= 11 is 1.34. The Hall–Kier alpha value is -2.02. The molecule has 0 bridgehead atoms. The molecule has 0 radical (unpaired) electrons. The van der Waals surface area contributed by atoms with Crippen molar-refractivity contribution in [2.24, 2.45) is 5.92 Å². The maximum absolute atomic E-state index is 12.6. The van der Waals surface area contributed by atoms with Crippen LogP contribution in [0.4, 0.5) is 0 Å². The van der Waals surface area contributed by atoms with Crippen LogP contribution in [0.25, 0.3) is 11.4 Å². The fourth-order valence-electron chi connectivity index (χ4n) is 3.30. The molecule has 1 heterocycles. The summed E-state index contributed by atoms with van der Waals surface area (Å²) < 4.78 is 1.46. The van der Waals surface area contributed by atoms with Crippen molar-refractivity contribution < 1.29 is 4.79 Å². The highest BCUT2D eigenvalue weighted by molar-refractivity contribution is 8.00. The molecule has 7 heteroatoms. The minimum Gasteiger partial charge on any atom is -0.352 e. The number of benzene rings is 1. The van der Waals surface area contributed by atoms with Crippen molar-refractivity contribution >= 4 is 17.7 Å². The molecule has 3 N–H and O–H groups in total. The van der Waals surface area contributed by atoms with Crippen LogP contribution in [-0.4, -0.2) is 32.1 Å². The Bertz CT molecular complexity index is 758. The zero-order valence-electron chi connectivity index (χ0n) is 15.6. The highest BCUT2D eigenvalue weighted by atomic mass is 32.2. The monoisotopic (exact) mass is 373 g/mol. The molecule has 1 aliphatic rings. The molecule has 1 amide bonds. The van der Waals surface area contributed by atoms with Gasteiger partial charge in [-0.2, -0.15) is 0 Å². The SMILES string of the molecule is Cc1ccc(-c2nnc(S[C@H](C)C(=O)N[C@H]3CCCC[C@@H]3C)n2N)cc1. The van der Waals surface area contributed by atoms with E-state index in [-0.39, 0.29) is 17.2 Å². The second-order valence-corrected chi connectivity index (χ2v) is 8.49. The number of amides is 1. The molecule has 3 atom stereocenters. The average molecular weight is 374 g/mol. The van der Waals surface area contributed by atoms with Crippen molar-refractivity contribution in [3.63, 3.8) is 0 Å². The summed E-state index contributed by atoms with van der Waals surface area (Å²) in [5.74, 6) is 7.34. The maximum atomic E-state index is 12.6. The van der Waals surface area contributed by atoms with E-state index < -0.39 is 0 Å². The van der Waals surface area contributed by atoms with Crippen LogP contribution in [0.1, 0.15) is 45.1 Å². The van der Waals surface area contributed by atoms with Crippen molar-refractivity contribution in [1.29, 1.82) is 0 Å². The van der Waals surface area contributed by atoms with Crippen LogP contribution in [0.15, 0.2) is 29.4 Å². The molecule has 0 aliphatic heterocycles. The van der Waals surface area contributed by atoms with E-state index in [2.05, 4.69) is 22.4 Å². The lowest BCUT2D eigenvalue weighted by molar-refractivity contribution is -0.121. The predicted octanol–water partition coefficient (Wildman–Crippen LogP) is 3.14. The van der Waals surface area contributed by atoms with Gasteiger partial charge in [0.15, 0.2) is 5.82 Å². The molecule has 0 spiro atoms. The summed E-state index contributed by atoms with van der Waals surface area (Å²) in [5.41, 5.74) is 2.08. The van der Waals surface area contributed by atoms with Crippen molar-refractivity contribution in [3.05, 3.63) is 29.8 Å². The summed E-state index contributed by atoms with van der Waals surface area (Å²) in [6.45, 7) is 6.13. The number of aromatic nitrogens is 3. The van der Waals surface area contributed by atoms with Gasteiger partial charge in [-0.05, 0) is 32.6 Å². The minimum absolute atomic E-state index is 0.0358. The van der Waals surface area contributed by atoms with Gasteiger partial charge in [-0.15, -0.1) is 10.2 Å². The molecular formula is C19H27N5OS. The third-order valence-electron chi connectivity index (χ3n) is 5.06. The number of nitrogens with two attached hydrogens (primary N) is 1. The largest absolute Gasteiger partial charge is 0.352 e. The second-order valence-electron chi connectivity index (χ2n) is 7.18. The molecule has 1 aromatic carbocycles. The third-order valence-corrected chi connectivity index (χ3v) is 6.12. The van der Waals surface area contributed by atoms with Gasteiger partial charge in [0.1, 0.15) is 0 Å². The number of hydrogen-bond acceptors (Lipinski definition) is 5. The van der Waals surface area contributed by atoms with Crippen LogP contribution in [0, 0.1) is 12.8 Å². The molecule has 1 saturated carbocycles. The van der Waals surface area contributed by atoms with Gasteiger partial charge in [-0.25, -0.2) is 4.68 Å². The summed E-state index contributed by atoms with van der Waals surface area (Å²) in [5, 5.41) is 11.8. The number of hydrogen-bond donors (Lipinski definition) is 2. The van der Waals surface area contributed by atoms with E-state index in [4.69, 9.17) is 5.84 Å². The van der Waals surface area contributed by atoms with Crippen LogP contribution in [-0.2, 0) is 4.79 Å². The second kappa shape index (κ2) is 8.12. The Labute approximate surface area is 158 Å². The van der Waals surface area contributed by atoms with Gasteiger partial charge >= 0.3 is 0 Å². The van der Waals surface area contributed by atoms with Gasteiger partial charge in [-0.3, -0.25) is 4.79 Å². The van der Waals surface area contributed by atoms with Gasteiger partial charge in [0, 0.05) is 11.6 Å². The van der Waals surface area contributed by atoms with Crippen molar-refractivity contribution in [1.82, 2.24) is 20.2 Å². The number of nitrogen functional groups attached to an aromatic ring is 1. The van der Waals surface area contributed by atoms with Gasteiger partial charge in [0.05, 0.1) is 5.25 Å². The van der Waals surface area contributed by atoms with E-state index in [1.54, 1.807) is 0 Å². The first-order valence-electron chi connectivity index (χ1n) is 9.20. The summed E-state index contributed by atoms with van der Waals surface area (Å²) in [6, 6.07) is 8.24. The van der Waals surface area contributed by atoms with E-state index in [0.717, 1.165) is 12.0 Å². The van der Waals surface area contributed by atoms with Gasteiger partial charge in [0.2, 0.25) is 11.1 Å². The average Bonchev–Trinajstić information content (AvgIpc) is 2.98. The first kappa shape index (κ1) is 18.8. The van der Waals surface area contributed by atoms with E-state index in [1.165, 1.54) is 41.3 Å². The highest BCUT2D eigenvalue weighted by Crippen LogP contribution is 2.27. The number of nitrogens with one attached hydrogen (secondary N) is 1. The standard InChI is InChI=1S/C19H27N5OS/c1-12-8-10-15(11-9-12)17-22-23-19(24(17)20)26-14(3)18(25)21-16-7-5-4-6-13(16)2/h8-11,13-14,16H,4-7,20H2,1-3H3,(H,21,25)/t13-,14+,16-/m0/s1. The molecule has 0 unspecified atom stereocenters. The minimum atomic E-state index is -0.276. The smallest absolute Gasteiger partial charge is 0.233 e. The zero-order valence-corrected chi connectivity index (χ0v) is 16.4. The molecule has 2 aromatic rings. The lowest BCUT2D eigenvalue weighted by atomic mass is 9.86. The van der Waals surface area contributed by atoms with Crippen LogP contribution in [0.5, 0.6) is 0 Å². The quantitative estimate of drug-likeness (QED) is 0.621. The molecule has 1 aliphatic carbocycles. The Morgan fingerprint density at radius 3 is 2.65 bits per heavy atom. The van der Waals surface area contributed by atoms with Crippen LogP contribution < -0.4 is 11.2 Å². The highest BCUT2D eigenvalue weighted by Gasteiger charge is 2.26. The van der Waals surface area contributed by atoms with Crippen LogP contribution in [0.2, 0.25) is 0 Å². The van der Waals surface area contributed by atoms with E-state index in [0.29, 0.717) is 16.9 Å². The summed E-state index contributed by atoms with van der Waals surface area (Å²) in [7, 11) is 0. The van der Waals surface area contributed by atoms with Crippen molar-refractivity contribution in [2.45, 2.75) is 62.9 Å². The molecule has 6 nitrogen and oxygen atoms in total. The fraction of sp³-hybridized carbons (Fsp3) is 0.526. The first-order chi connectivity index (χ1) is 12.5. The summed E-state index contributed by atoms with van der Waals surface area (Å²) in [4.78, 5) is 12.6. The fourth-order valence-corrected chi connectivity index (χ4v) is 4.08. The normalized spacial score (nSPS) is 21.3. The molecule has 3 rings (SSSR count). The molecule has 0 saturated heterocycles. The Morgan fingerprint density at radius 1 is 1.27 bits per heavy atom. The number of carbonyl (C=O) groups excluding carboxylic acids is 1. The van der Waals surface area contributed by atoms with E-state index in [1.807, 2.05) is 38.1 Å². The Balaban J connectivity index is 1.65. The molecular weight excluding hydrogens is 346 g/mol. The number of rotatable bonds is 5. The molecule has 1 aromatic heterocycles. The number of aryl methyl sites for hydroxylation is 1. The molecule has 26 heavy (non-hydrogen) atoms. The number of thioether (sulfide) groups is 1. The van der Waals surface area contributed by atoms with Gasteiger partial charge < -0.3 is 11.2 Å². The topological polar surface area (TPSA) is 85.8 Å². The Kier molecular flexibility index (Phi) is 5.86. The lowest BCUT2D eigenvalue weighted by Crippen LogP contribution is -2.44. The predicted molar refractivity (Wildman–Crippen MR) is 105 cm³/mol. The van der Waals surface area contributed by atoms with E-state index in [9.17, 15) is 4.79 Å². The lowest BCUT2D eigenvalue weighted by Gasteiger charge is -2.30. The van der Waals surface area contributed by atoms with Crippen molar-refractivity contribution in [2.75, 3.05) is 5.84 Å². The van der Waals surface area contributed by atoms with Crippen LogP contribution >= 0.6 is 11.8 Å². The number of carbonyl (C=O) groups is 1. The maximum Gasteiger partial charge on any atom is 0.233 e. The first-order valence-corrected chi connectivity index (χ1v) is 10.1. The third kappa shape index (κ3) is 4.20. The van der Waals surface area contributed by atoms with Crippen LogP contribution in [0.3, 0.4) is 0 Å². The molecule has 1 fully saturated rings. The zero-order chi connectivity index (χ0) is 18.7. The molecule has 140 valence electrons. The summed E-state index contributed by atoms with van der Waals surface area (Å²) in [6.07, 6.45) is 4.70. The van der Waals surface area contributed by atoms with E-state index >= 15 is 0 Å². The van der Waals surface area contributed by atoms with Gasteiger partial charge in [-0.1, -0.05) is 61.4 Å².